The largest absolute Gasteiger partial charge is 0.384 e. The van der Waals surface area contributed by atoms with E-state index in [9.17, 15) is 5.11 Å². The Kier molecular flexibility index (Phi) is 4.43. The summed E-state index contributed by atoms with van der Waals surface area (Å²) in [6, 6.07) is 2.52. The van der Waals surface area contributed by atoms with E-state index >= 15 is 0 Å². The van der Waals surface area contributed by atoms with Crippen molar-refractivity contribution >= 4 is 11.3 Å². The van der Waals surface area contributed by atoms with Gasteiger partial charge in [0.2, 0.25) is 0 Å². The fourth-order valence-electron chi connectivity index (χ4n) is 2.66. The van der Waals surface area contributed by atoms with Crippen molar-refractivity contribution in [1.29, 1.82) is 0 Å². The molecule has 1 aromatic heterocycles. The van der Waals surface area contributed by atoms with Crippen molar-refractivity contribution in [3.63, 3.8) is 0 Å². The molecular weight excluding hydrogens is 244 g/mol. The smallest absolute Gasteiger partial charge is 0.1000 e. The van der Waals surface area contributed by atoms with Crippen LogP contribution in [-0.2, 0) is 5.60 Å². The topological polar surface area (TPSA) is 35.5 Å². The third-order valence-electron chi connectivity index (χ3n) is 3.96. The molecule has 3 unspecified atom stereocenters. The summed E-state index contributed by atoms with van der Waals surface area (Å²) in [5, 5.41) is 18.1. The highest BCUT2D eigenvalue weighted by molar-refractivity contribution is 7.08. The molecule has 18 heavy (non-hydrogen) atoms. The molecule has 1 fully saturated rings. The van der Waals surface area contributed by atoms with Gasteiger partial charge in [-0.25, -0.2) is 0 Å². The third-order valence-corrected chi connectivity index (χ3v) is 4.64. The molecule has 0 radical (unpaired) electrons. The van der Waals surface area contributed by atoms with Gasteiger partial charge in [0.15, 0.2) is 0 Å². The van der Waals surface area contributed by atoms with Gasteiger partial charge < -0.3 is 15.3 Å². The molecule has 1 aromatic rings. The zero-order valence-corrected chi connectivity index (χ0v) is 12.3. The standard InChI is InChI=1S/C14H24N2OS/c1-11-8-16(3)6-4-13(11)15-10-14(2,17)12-5-7-18-9-12/h5,7,9,11,13,15,17H,4,6,8,10H2,1-3H3. The minimum absolute atomic E-state index is 0.520. The third kappa shape index (κ3) is 3.32. The summed E-state index contributed by atoms with van der Waals surface area (Å²) in [6.45, 7) is 7.08. The second-order valence-corrected chi connectivity index (χ2v) is 6.58. The lowest BCUT2D eigenvalue weighted by Gasteiger charge is -2.37. The SMILES string of the molecule is CC1CN(C)CCC1NCC(C)(O)c1ccsc1. The zero-order valence-electron chi connectivity index (χ0n) is 11.5. The minimum Gasteiger partial charge on any atom is -0.384 e. The monoisotopic (exact) mass is 268 g/mol. The number of likely N-dealkylation sites (tertiary alicyclic amines) is 1. The number of rotatable bonds is 4. The predicted octanol–water partition coefficient (Wildman–Crippen LogP) is 1.89. The first-order chi connectivity index (χ1) is 8.49. The number of nitrogens with zero attached hydrogens (tertiary/aromatic N) is 1. The van der Waals surface area contributed by atoms with Crippen LogP contribution in [0.5, 0.6) is 0 Å². The molecule has 0 bridgehead atoms. The van der Waals surface area contributed by atoms with Crippen molar-refractivity contribution in [3.8, 4) is 0 Å². The van der Waals surface area contributed by atoms with Crippen LogP contribution in [0.2, 0.25) is 0 Å². The average Bonchev–Trinajstić information content (AvgIpc) is 2.82. The van der Waals surface area contributed by atoms with Crippen LogP contribution in [-0.4, -0.2) is 42.7 Å². The first-order valence-electron chi connectivity index (χ1n) is 6.66. The van der Waals surface area contributed by atoms with E-state index in [2.05, 4.69) is 24.2 Å². The van der Waals surface area contributed by atoms with Gasteiger partial charge in [0, 0.05) is 19.1 Å². The van der Waals surface area contributed by atoms with Gasteiger partial charge in [0.25, 0.3) is 0 Å². The van der Waals surface area contributed by atoms with Crippen molar-refractivity contribution in [2.75, 3.05) is 26.7 Å². The first-order valence-corrected chi connectivity index (χ1v) is 7.60. The molecule has 3 atom stereocenters. The summed E-state index contributed by atoms with van der Waals surface area (Å²) in [7, 11) is 2.17. The van der Waals surface area contributed by atoms with E-state index in [4.69, 9.17) is 0 Å². The fraction of sp³-hybridized carbons (Fsp3) is 0.714. The van der Waals surface area contributed by atoms with E-state index < -0.39 is 5.60 Å². The van der Waals surface area contributed by atoms with Crippen molar-refractivity contribution < 1.29 is 5.11 Å². The van der Waals surface area contributed by atoms with E-state index in [1.807, 2.05) is 23.8 Å². The molecule has 1 aliphatic heterocycles. The van der Waals surface area contributed by atoms with Crippen molar-refractivity contribution in [2.45, 2.75) is 31.9 Å². The van der Waals surface area contributed by atoms with E-state index in [0.29, 0.717) is 18.5 Å². The maximum Gasteiger partial charge on any atom is 0.1000 e. The molecule has 0 amide bonds. The lowest BCUT2D eigenvalue weighted by Crippen LogP contribution is -2.50. The van der Waals surface area contributed by atoms with E-state index in [1.165, 1.54) is 0 Å². The Morgan fingerprint density at radius 2 is 2.39 bits per heavy atom. The molecule has 0 aliphatic carbocycles. The number of hydrogen-bond donors (Lipinski definition) is 2. The summed E-state index contributed by atoms with van der Waals surface area (Å²) in [4.78, 5) is 2.37. The Hall–Kier alpha value is -0.420. The molecule has 2 heterocycles. The van der Waals surface area contributed by atoms with Gasteiger partial charge in [-0.05, 0) is 55.2 Å². The molecule has 0 spiro atoms. The minimum atomic E-state index is -0.761. The second-order valence-electron chi connectivity index (χ2n) is 5.80. The molecule has 4 heteroatoms. The number of nitrogens with one attached hydrogen (secondary N) is 1. The Labute approximate surface area is 114 Å². The highest BCUT2D eigenvalue weighted by Crippen LogP contribution is 2.23. The van der Waals surface area contributed by atoms with Crippen LogP contribution < -0.4 is 5.32 Å². The van der Waals surface area contributed by atoms with Gasteiger partial charge in [-0.2, -0.15) is 11.3 Å². The van der Waals surface area contributed by atoms with E-state index in [0.717, 1.165) is 25.1 Å². The lowest BCUT2D eigenvalue weighted by atomic mass is 9.92. The fourth-order valence-corrected chi connectivity index (χ4v) is 3.44. The highest BCUT2D eigenvalue weighted by Gasteiger charge is 2.28. The molecule has 0 saturated carbocycles. The summed E-state index contributed by atoms with van der Waals surface area (Å²) in [5.74, 6) is 0.641. The summed E-state index contributed by atoms with van der Waals surface area (Å²) in [5.41, 5.74) is 0.254. The molecule has 0 aromatic carbocycles. The Morgan fingerprint density at radius 3 is 3.00 bits per heavy atom. The van der Waals surface area contributed by atoms with Gasteiger partial charge in [0.05, 0.1) is 5.60 Å². The zero-order chi connectivity index (χ0) is 13.2. The first kappa shape index (κ1) is 14.0. The van der Waals surface area contributed by atoms with Gasteiger partial charge in [0.1, 0.15) is 0 Å². The molecule has 2 N–H and O–H groups in total. The van der Waals surface area contributed by atoms with Crippen molar-refractivity contribution in [1.82, 2.24) is 10.2 Å². The van der Waals surface area contributed by atoms with E-state index in [1.54, 1.807) is 11.3 Å². The van der Waals surface area contributed by atoms with E-state index in [-0.39, 0.29) is 0 Å². The van der Waals surface area contributed by atoms with Crippen LogP contribution >= 0.6 is 11.3 Å². The molecule has 1 saturated heterocycles. The average molecular weight is 268 g/mol. The van der Waals surface area contributed by atoms with Crippen molar-refractivity contribution in [2.24, 2.45) is 5.92 Å². The molecular formula is C14H24N2OS. The van der Waals surface area contributed by atoms with Crippen LogP contribution in [0, 0.1) is 5.92 Å². The Morgan fingerprint density at radius 1 is 1.61 bits per heavy atom. The van der Waals surface area contributed by atoms with Gasteiger partial charge >= 0.3 is 0 Å². The van der Waals surface area contributed by atoms with Crippen LogP contribution in [0.15, 0.2) is 16.8 Å². The Balaban J connectivity index is 1.88. The quantitative estimate of drug-likeness (QED) is 0.875. The second kappa shape index (κ2) is 5.70. The number of piperidine rings is 1. The molecule has 2 rings (SSSR count). The maximum atomic E-state index is 10.5. The maximum absolute atomic E-state index is 10.5. The normalized spacial score (nSPS) is 29.1. The summed E-state index contributed by atoms with van der Waals surface area (Å²) in [6.07, 6.45) is 1.16. The van der Waals surface area contributed by atoms with Gasteiger partial charge in [-0.15, -0.1) is 0 Å². The van der Waals surface area contributed by atoms with Crippen molar-refractivity contribution in [3.05, 3.63) is 22.4 Å². The molecule has 1 aliphatic rings. The summed E-state index contributed by atoms with van der Waals surface area (Å²) < 4.78 is 0. The van der Waals surface area contributed by atoms with Crippen LogP contribution in [0.1, 0.15) is 25.8 Å². The van der Waals surface area contributed by atoms with Gasteiger partial charge in [-0.1, -0.05) is 6.92 Å². The van der Waals surface area contributed by atoms with Crippen LogP contribution in [0.3, 0.4) is 0 Å². The van der Waals surface area contributed by atoms with Gasteiger partial charge in [-0.3, -0.25) is 0 Å². The predicted molar refractivity (Wildman–Crippen MR) is 77.0 cm³/mol. The lowest BCUT2D eigenvalue weighted by molar-refractivity contribution is 0.0469. The highest BCUT2D eigenvalue weighted by atomic mass is 32.1. The van der Waals surface area contributed by atoms with Crippen LogP contribution in [0.25, 0.3) is 0 Å². The van der Waals surface area contributed by atoms with Crippen LogP contribution in [0.4, 0.5) is 0 Å². The number of hydrogen-bond acceptors (Lipinski definition) is 4. The Bertz CT molecular complexity index is 364. The molecule has 3 nitrogen and oxygen atoms in total. The molecule has 102 valence electrons. The summed E-state index contributed by atoms with van der Waals surface area (Å²) >= 11 is 1.63. The number of thiophene rings is 1. The number of aliphatic hydroxyl groups is 1.